The maximum Gasteiger partial charge on any atom is 0.410 e. The van der Waals surface area contributed by atoms with Crippen molar-refractivity contribution in [3.8, 4) is 0 Å². The van der Waals surface area contributed by atoms with Crippen LogP contribution >= 0.6 is 0 Å². The van der Waals surface area contributed by atoms with E-state index in [1.54, 1.807) is 29.2 Å². The van der Waals surface area contributed by atoms with Gasteiger partial charge in [0.25, 0.3) is 0 Å². The second kappa shape index (κ2) is 7.88. The van der Waals surface area contributed by atoms with E-state index in [0.717, 1.165) is 11.1 Å². The van der Waals surface area contributed by atoms with E-state index in [2.05, 4.69) is 0 Å². The first-order chi connectivity index (χ1) is 12.5. The second-order valence-corrected chi connectivity index (χ2v) is 8.18. The minimum absolute atomic E-state index is 0.210. The summed E-state index contributed by atoms with van der Waals surface area (Å²) in [7, 11) is -3.53. The molecule has 1 amide bonds. The largest absolute Gasteiger partial charge is 0.445 e. The Kier molecular flexibility index (Phi) is 5.58. The van der Waals surface area contributed by atoms with Crippen LogP contribution in [0.3, 0.4) is 0 Å². The lowest BCUT2D eigenvalue weighted by Gasteiger charge is -2.33. The maximum absolute atomic E-state index is 12.7. The van der Waals surface area contributed by atoms with E-state index in [0.29, 0.717) is 13.1 Å². The number of rotatable bonds is 4. The monoisotopic (exact) mass is 374 g/mol. The van der Waals surface area contributed by atoms with E-state index in [1.165, 1.54) is 4.31 Å². The van der Waals surface area contributed by atoms with E-state index < -0.39 is 16.1 Å². The number of piperazine rings is 1. The molecule has 2 aromatic carbocycles. The molecule has 0 aromatic heterocycles. The van der Waals surface area contributed by atoms with Gasteiger partial charge >= 0.3 is 6.09 Å². The van der Waals surface area contributed by atoms with Crippen LogP contribution in [0.5, 0.6) is 0 Å². The number of amides is 1. The summed E-state index contributed by atoms with van der Waals surface area (Å²) in [6.07, 6.45) is -0.416. The third-order valence-electron chi connectivity index (χ3n) is 4.36. The number of nitrogens with zero attached hydrogens (tertiary/aromatic N) is 2. The van der Waals surface area contributed by atoms with E-state index in [9.17, 15) is 13.2 Å². The van der Waals surface area contributed by atoms with Gasteiger partial charge in [-0.15, -0.1) is 0 Å². The van der Waals surface area contributed by atoms with Crippen LogP contribution < -0.4 is 0 Å². The molecule has 6 nitrogen and oxygen atoms in total. The third kappa shape index (κ3) is 4.23. The topological polar surface area (TPSA) is 66.9 Å². The first kappa shape index (κ1) is 18.4. The summed E-state index contributed by atoms with van der Waals surface area (Å²) >= 11 is 0. The van der Waals surface area contributed by atoms with Gasteiger partial charge in [0, 0.05) is 26.2 Å². The van der Waals surface area contributed by atoms with E-state index in [4.69, 9.17) is 4.74 Å². The van der Waals surface area contributed by atoms with Crippen molar-refractivity contribution < 1.29 is 17.9 Å². The zero-order valence-electron chi connectivity index (χ0n) is 14.7. The van der Waals surface area contributed by atoms with Crippen LogP contribution in [0, 0.1) is 6.92 Å². The Hall–Kier alpha value is -2.38. The van der Waals surface area contributed by atoms with Crippen LogP contribution in [-0.4, -0.2) is 49.9 Å². The Labute approximate surface area is 154 Å². The van der Waals surface area contributed by atoms with Gasteiger partial charge in [0.1, 0.15) is 6.61 Å². The molecule has 1 aliphatic rings. The molecule has 0 bridgehead atoms. The highest BCUT2D eigenvalue weighted by Crippen LogP contribution is 2.18. The number of ether oxygens (including phenoxy) is 1. The number of hydrogen-bond acceptors (Lipinski definition) is 4. The lowest BCUT2D eigenvalue weighted by molar-refractivity contribution is 0.0838. The zero-order valence-corrected chi connectivity index (χ0v) is 15.5. The van der Waals surface area contributed by atoms with Crippen LogP contribution in [-0.2, 0) is 21.4 Å². The van der Waals surface area contributed by atoms with Gasteiger partial charge in [-0.2, -0.15) is 4.31 Å². The van der Waals surface area contributed by atoms with Crippen molar-refractivity contribution in [1.29, 1.82) is 0 Å². The predicted octanol–water partition coefficient (Wildman–Crippen LogP) is 2.64. The Balaban J connectivity index is 1.55. The molecule has 0 aliphatic carbocycles. The molecule has 1 fully saturated rings. The molecular formula is C19H22N2O4S. The fourth-order valence-corrected chi connectivity index (χ4v) is 4.20. The molecule has 0 saturated carbocycles. The van der Waals surface area contributed by atoms with Gasteiger partial charge in [-0.25, -0.2) is 13.2 Å². The summed E-state index contributed by atoms with van der Waals surface area (Å²) in [5.74, 6) is 0. The minimum atomic E-state index is -3.53. The number of carbonyl (C=O) groups excluding carboxylic acids is 1. The number of hydrogen-bond donors (Lipinski definition) is 0. The van der Waals surface area contributed by atoms with E-state index in [1.807, 2.05) is 37.3 Å². The Morgan fingerprint density at radius 1 is 0.962 bits per heavy atom. The Morgan fingerprint density at radius 2 is 1.58 bits per heavy atom. The highest BCUT2D eigenvalue weighted by Gasteiger charge is 2.30. The van der Waals surface area contributed by atoms with Gasteiger partial charge in [-0.3, -0.25) is 0 Å². The molecule has 26 heavy (non-hydrogen) atoms. The summed E-state index contributed by atoms with van der Waals surface area (Å²) in [4.78, 5) is 14.0. The van der Waals surface area contributed by atoms with Crippen molar-refractivity contribution >= 4 is 16.1 Å². The smallest absolute Gasteiger partial charge is 0.410 e. The quantitative estimate of drug-likeness (QED) is 0.825. The normalized spacial score (nSPS) is 15.7. The van der Waals surface area contributed by atoms with Gasteiger partial charge in [0.2, 0.25) is 10.0 Å². The van der Waals surface area contributed by atoms with Gasteiger partial charge in [0.15, 0.2) is 0 Å². The number of aryl methyl sites for hydroxylation is 1. The number of sulfonamides is 1. The summed E-state index contributed by atoms with van der Waals surface area (Å²) < 4.78 is 32.1. The molecule has 138 valence electrons. The van der Waals surface area contributed by atoms with Gasteiger partial charge in [-0.05, 0) is 24.6 Å². The van der Waals surface area contributed by atoms with Gasteiger partial charge in [0.05, 0.1) is 4.90 Å². The van der Waals surface area contributed by atoms with E-state index in [-0.39, 0.29) is 24.6 Å². The highest BCUT2D eigenvalue weighted by atomic mass is 32.2. The summed E-state index contributed by atoms with van der Waals surface area (Å²) in [5.41, 5.74) is 1.93. The predicted molar refractivity (Wildman–Crippen MR) is 98.1 cm³/mol. The van der Waals surface area contributed by atoms with Crippen molar-refractivity contribution in [2.75, 3.05) is 26.2 Å². The molecule has 1 heterocycles. The Morgan fingerprint density at radius 3 is 2.19 bits per heavy atom. The van der Waals surface area contributed by atoms with Crippen molar-refractivity contribution in [3.05, 3.63) is 65.7 Å². The van der Waals surface area contributed by atoms with Crippen molar-refractivity contribution in [2.45, 2.75) is 18.4 Å². The number of carbonyl (C=O) groups is 1. The first-order valence-corrected chi connectivity index (χ1v) is 9.93. The standard InChI is InChI=1S/C19H22N2O4S/c1-16-7-9-18(10-8-16)26(23,24)21-13-11-20(12-14-21)19(22)25-15-17-5-3-2-4-6-17/h2-10H,11-15H2,1H3. The Bertz CT molecular complexity index is 843. The van der Waals surface area contributed by atoms with Crippen LogP contribution in [0.4, 0.5) is 4.79 Å². The lowest BCUT2D eigenvalue weighted by Crippen LogP contribution is -2.50. The molecule has 0 unspecified atom stereocenters. The zero-order chi connectivity index (χ0) is 18.6. The second-order valence-electron chi connectivity index (χ2n) is 6.24. The first-order valence-electron chi connectivity index (χ1n) is 8.49. The summed E-state index contributed by atoms with van der Waals surface area (Å²) in [6, 6.07) is 16.2. The van der Waals surface area contributed by atoms with Gasteiger partial charge in [-0.1, -0.05) is 48.0 Å². The fraction of sp³-hybridized carbons (Fsp3) is 0.316. The molecule has 0 atom stereocenters. The van der Waals surface area contributed by atoms with Crippen molar-refractivity contribution in [3.63, 3.8) is 0 Å². The van der Waals surface area contributed by atoms with Crippen LogP contribution in [0.25, 0.3) is 0 Å². The average molecular weight is 374 g/mol. The molecule has 0 spiro atoms. The molecule has 7 heteroatoms. The fourth-order valence-electron chi connectivity index (χ4n) is 2.78. The van der Waals surface area contributed by atoms with E-state index >= 15 is 0 Å². The van der Waals surface area contributed by atoms with Crippen LogP contribution in [0.1, 0.15) is 11.1 Å². The van der Waals surface area contributed by atoms with Crippen LogP contribution in [0.15, 0.2) is 59.5 Å². The average Bonchev–Trinajstić information content (AvgIpc) is 2.67. The third-order valence-corrected chi connectivity index (χ3v) is 6.27. The number of benzene rings is 2. The minimum Gasteiger partial charge on any atom is -0.445 e. The SMILES string of the molecule is Cc1ccc(S(=O)(=O)N2CCN(C(=O)OCc3ccccc3)CC2)cc1. The molecular weight excluding hydrogens is 352 g/mol. The molecule has 2 aromatic rings. The van der Waals surface area contributed by atoms with Gasteiger partial charge < -0.3 is 9.64 Å². The summed E-state index contributed by atoms with van der Waals surface area (Å²) in [5, 5.41) is 0. The van der Waals surface area contributed by atoms with Crippen LogP contribution in [0.2, 0.25) is 0 Å². The summed E-state index contributed by atoms with van der Waals surface area (Å²) in [6.45, 7) is 3.28. The van der Waals surface area contributed by atoms with Crippen molar-refractivity contribution in [1.82, 2.24) is 9.21 Å². The maximum atomic E-state index is 12.7. The molecule has 1 aliphatic heterocycles. The van der Waals surface area contributed by atoms with Crippen molar-refractivity contribution in [2.24, 2.45) is 0 Å². The molecule has 1 saturated heterocycles. The lowest BCUT2D eigenvalue weighted by atomic mass is 10.2. The molecule has 0 radical (unpaired) electrons. The molecule has 3 rings (SSSR count). The molecule has 0 N–H and O–H groups in total. The highest BCUT2D eigenvalue weighted by molar-refractivity contribution is 7.89.